The van der Waals surface area contributed by atoms with Gasteiger partial charge in [0.15, 0.2) is 0 Å². The maximum absolute atomic E-state index is 11.4. The minimum atomic E-state index is -3.46. The quantitative estimate of drug-likeness (QED) is 0.814. The topological polar surface area (TPSA) is 78.6 Å². The second-order valence-corrected chi connectivity index (χ2v) is 7.25. The van der Waals surface area contributed by atoms with E-state index in [1.54, 1.807) is 0 Å². The summed E-state index contributed by atoms with van der Waals surface area (Å²) in [5.74, 6) is 0.01000. The highest BCUT2D eigenvalue weighted by molar-refractivity contribution is 7.89. The van der Waals surface area contributed by atoms with Gasteiger partial charge in [0.05, 0.1) is 18.5 Å². The summed E-state index contributed by atoms with van der Waals surface area (Å²) in [6.07, 6.45) is 6.38. The largest absolute Gasteiger partial charge is 0.381 e. The van der Waals surface area contributed by atoms with Crippen LogP contribution < -0.4 is 5.14 Å². The summed E-state index contributed by atoms with van der Waals surface area (Å²) in [7, 11) is -3.46. The molecule has 1 saturated carbocycles. The lowest BCUT2D eigenvalue weighted by molar-refractivity contribution is -0.0510. The van der Waals surface area contributed by atoms with Gasteiger partial charge in [-0.2, -0.15) is 0 Å². The maximum atomic E-state index is 11.4. The molecule has 2 fully saturated rings. The van der Waals surface area contributed by atoms with E-state index in [1.165, 1.54) is 12.8 Å². The van der Waals surface area contributed by atoms with Crippen molar-refractivity contribution in [2.45, 2.75) is 44.6 Å². The molecule has 18 heavy (non-hydrogen) atoms. The lowest BCUT2D eigenvalue weighted by Crippen LogP contribution is -2.42. The van der Waals surface area contributed by atoms with Gasteiger partial charge in [-0.1, -0.05) is 12.8 Å². The van der Waals surface area contributed by atoms with Crippen molar-refractivity contribution in [3.63, 3.8) is 0 Å². The maximum Gasteiger partial charge on any atom is 0.209 e. The van der Waals surface area contributed by atoms with Crippen molar-refractivity contribution in [3.8, 4) is 0 Å². The van der Waals surface area contributed by atoms with Gasteiger partial charge in [0.1, 0.15) is 0 Å². The van der Waals surface area contributed by atoms with Crippen LogP contribution >= 0.6 is 0 Å². The lowest BCUT2D eigenvalue weighted by atomic mass is 9.83. The molecule has 6 heteroatoms. The van der Waals surface area contributed by atoms with E-state index < -0.39 is 10.0 Å². The molecule has 1 heterocycles. The average molecular weight is 277 g/mol. The number of nitrogens with two attached hydrogens (primary N) is 1. The number of hydrogen-bond acceptors (Lipinski definition) is 4. The molecule has 0 atom stereocenters. The fourth-order valence-corrected chi connectivity index (χ4v) is 4.14. The molecule has 0 radical (unpaired) electrons. The molecular formula is C12H23NO4S. The average Bonchev–Trinajstić information content (AvgIpc) is 2.78. The minimum Gasteiger partial charge on any atom is -0.381 e. The number of primary sulfonamides is 1. The van der Waals surface area contributed by atoms with Crippen LogP contribution in [0.3, 0.4) is 0 Å². The predicted molar refractivity (Wildman–Crippen MR) is 68.7 cm³/mol. The van der Waals surface area contributed by atoms with E-state index in [-0.39, 0.29) is 11.2 Å². The molecule has 0 bridgehead atoms. The monoisotopic (exact) mass is 277 g/mol. The van der Waals surface area contributed by atoms with Crippen LogP contribution in [0, 0.1) is 5.41 Å². The Morgan fingerprint density at radius 1 is 1.22 bits per heavy atom. The van der Waals surface area contributed by atoms with E-state index in [2.05, 4.69) is 0 Å². The molecular weight excluding hydrogens is 254 g/mol. The highest BCUT2D eigenvalue weighted by atomic mass is 32.2. The van der Waals surface area contributed by atoms with Gasteiger partial charge in [-0.25, -0.2) is 13.6 Å². The Kier molecular flexibility index (Phi) is 4.64. The first-order valence-corrected chi connectivity index (χ1v) is 8.41. The van der Waals surface area contributed by atoms with Crippen LogP contribution in [-0.4, -0.2) is 40.1 Å². The van der Waals surface area contributed by atoms with E-state index in [0.29, 0.717) is 25.9 Å². The van der Waals surface area contributed by atoms with Crippen LogP contribution in [0.15, 0.2) is 0 Å². The molecule has 0 spiro atoms. The standard InChI is InChI=1S/C12H23NO4S/c13-18(14,15)10-12(5-7-16-8-6-12)9-17-11-3-1-2-4-11/h11H,1-10H2,(H2,13,14,15). The van der Waals surface area contributed by atoms with Gasteiger partial charge in [-0.3, -0.25) is 0 Å². The summed E-state index contributed by atoms with van der Waals surface area (Å²) in [4.78, 5) is 0. The molecule has 0 amide bonds. The van der Waals surface area contributed by atoms with E-state index in [1.807, 2.05) is 0 Å². The predicted octanol–water partition coefficient (Wildman–Crippen LogP) is 1.03. The van der Waals surface area contributed by atoms with Crippen LogP contribution in [0.2, 0.25) is 0 Å². The Bertz CT molecular complexity index is 356. The van der Waals surface area contributed by atoms with E-state index >= 15 is 0 Å². The summed E-state index contributed by atoms with van der Waals surface area (Å²) < 4.78 is 34.0. The zero-order valence-corrected chi connectivity index (χ0v) is 11.6. The lowest BCUT2D eigenvalue weighted by Gasteiger charge is -2.36. The molecule has 1 aliphatic heterocycles. The molecule has 0 unspecified atom stereocenters. The third-order valence-corrected chi connectivity index (χ3v) is 5.00. The molecule has 0 aromatic carbocycles. The zero-order valence-electron chi connectivity index (χ0n) is 10.8. The van der Waals surface area contributed by atoms with Gasteiger partial charge in [0.2, 0.25) is 10.0 Å². The highest BCUT2D eigenvalue weighted by Gasteiger charge is 2.37. The van der Waals surface area contributed by atoms with Gasteiger partial charge >= 0.3 is 0 Å². The first-order valence-electron chi connectivity index (χ1n) is 6.69. The number of rotatable bonds is 5. The van der Waals surface area contributed by atoms with Crippen LogP contribution in [0.25, 0.3) is 0 Å². The molecule has 5 nitrogen and oxygen atoms in total. The first-order chi connectivity index (χ1) is 8.49. The van der Waals surface area contributed by atoms with E-state index in [4.69, 9.17) is 14.6 Å². The SMILES string of the molecule is NS(=O)(=O)CC1(COC2CCCC2)CCOCC1. The van der Waals surface area contributed by atoms with Gasteiger partial charge in [0, 0.05) is 18.6 Å². The molecule has 2 N–H and O–H groups in total. The van der Waals surface area contributed by atoms with Gasteiger partial charge in [-0.15, -0.1) is 0 Å². The van der Waals surface area contributed by atoms with Crippen LogP contribution in [-0.2, 0) is 19.5 Å². The molecule has 1 saturated heterocycles. The number of ether oxygens (including phenoxy) is 2. The first kappa shape index (κ1) is 14.2. The molecule has 2 aliphatic rings. The Morgan fingerprint density at radius 2 is 1.83 bits per heavy atom. The Labute approximate surface area is 109 Å². The van der Waals surface area contributed by atoms with Crippen molar-refractivity contribution < 1.29 is 17.9 Å². The summed E-state index contributed by atoms with van der Waals surface area (Å²) >= 11 is 0. The van der Waals surface area contributed by atoms with Gasteiger partial charge < -0.3 is 9.47 Å². The van der Waals surface area contributed by atoms with Crippen molar-refractivity contribution >= 4 is 10.0 Å². The highest BCUT2D eigenvalue weighted by Crippen LogP contribution is 2.34. The second-order valence-electron chi connectivity index (χ2n) is 5.64. The molecule has 0 aromatic rings. The van der Waals surface area contributed by atoms with Crippen molar-refractivity contribution in [2.24, 2.45) is 10.6 Å². The fraction of sp³-hybridized carbons (Fsp3) is 1.00. The minimum absolute atomic E-state index is 0.01000. The summed E-state index contributed by atoms with van der Waals surface area (Å²) in [6, 6.07) is 0. The third-order valence-electron chi connectivity index (χ3n) is 3.99. The smallest absolute Gasteiger partial charge is 0.209 e. The molecule has 0 aromatic heterocycles. The fourth-order valence-electron chi connectivity index (χ4n) is 2.91. The molecule has 2 rings (SSSR count). The third kappa shape index (κ3) is 4.19. The van der Waals surface area contributed by atoms with Crippen molar-refractivity contribution in [2.75, 3.05) is 25.6 Å². The summed E-state index contributed by atoms with van der Waals surface area (Å²) in [5.41, 5.74) is -0.339. The van der Waals surface area contributed by atoms with Crippen LogP contribution in [0.5, 0.6) is 0 Å². The Morgan fingerprint density at radius 3 is 2.39 bits per heavy atom. The van der Waals surface area contributed by atoms with E-state index in [9.17, 15) is 8.42 Å². The van der Waals surface area contributed by atoms with Gasteiger partial charge in [0.25, 0.3) is 0 Å². The Hall–Kier alpha value is -0.170. The van der Waals surface area contributed by atoms with Gasteiger partial charge in [-0.05, 0) is 25.7 Å². The number of hydrogen-bond donors (Lipinski definition) is 1. The van der Waals surface area contributed by atoms with Crippen molar-refractivity contribution in [1.29, 1.82) is 0 Å². The Balaban J connectivity index is 1.94. The normalized spacial score (nSPS) is 25.4. The summed E-state index contributed by atoms with van der Waals surface area (Å²) in [5, 5.41) is 5.21. The van der Waals surface area contributed by atoms with Crippen molar-refractivity contribution in [3.05, 3.63) is 0 Å². The van der Waals surface area contributed by atoms with Crippen molar-refractivity contribution in [1.82, 2.24) is 0 Å². The molecule has 106 valence electrons. The summed E-state index contributed by atoms with van der Waals surface area (Å²) in [6.45, 7) is 1.70. The van der Waals surface area contributed by atoms with Crippen LogP contribution in [0.1, 0.15) is 38.5 Å². The zero-order chi connectivity index (χ0) is 13.1. The number of sulfonamides is 1. The van der Waals surface area contributed by atoms with Crippen LogP contribution in [0.4, 0.5) is 0 Å². The molecule has 1 aliphatic carbocycles. The van der Waals surface area contributed by atoms with E-state index in [0.717, 1.165) is 25.7 Å². The second kappa shape index (κ2) is 5.86.